The van der Waals surface area contributed by atoms with Crippen molar-refractivity contribution in [3.05, 3.63) is 18.2 Å². The number of piperidine rings is 2. The minimum absolute atomic E-state index is 0.146. The highest BCUT2D eigenvalue weighted by molar-refractivity contribution is 5.91. The fraction of sp³-hybridized carbons (Fsp3) is 0.619. The lowest BCUT2D eigenvalue weighted by molar-refractivity contribution is -0.133. The van der Waals surface area contributed by atoms with Crippen LogP contribution >= 0.6 is 0 Å². The monoisotopic (exact) mass is 389 g/mol. The Balaban J connectivity index is 1.49. The number of hydrogen-bond donors (Lipinski definition) is 1. The van der Waals surface area contributed by atoms with E-state index >= 15 is 0 Å². The van der Waals surface area contributed by atoms with Gasteiger partial charge in [0.2, 0.25) is 5.91 Å². The molecule has 2 fully saturated rings. The molecule has 0 spiro atoms. The van der Waals surface area contributed by atoms with Crippen LogP contribution in [0.25, 0.3) is 0 Å². The van der Waals surface area contributed by atoms with Gasteiger partial charge in [-0.05, 0) is 50.2 Å². The van der Waals surface area contributed by atoms with E-state index in [1.807, 2.05) is 4.90 Å². The Morgan fingerprint density at radius 1 is 1.00 bits per heavy atom. The summed E-state index contributed by atoms with van der Waals surface area (Å²) in [6.07, 6.45) is 5.81. The minimum atomic E-state index is -0.146. The molecular weight excluding hydrogens is 358 g/mol. The molecule has 1 N–H and O–H groups in total. The number of likely N-dealkylation sites (tertiary alicyclic amines) is 2. The van der Waals surface area contributed by atoms with Crippen molar-refractivity contribution in [3.8, 4) is 11.5 Å². The van der Waals surface area contributed by atoms with Gasteiger partial charge in [-0.15, -0.1) is 0 Å². The second-order valence-corrected chi connectivity index (χ2v) is 7.57. The Hall–Kier alpha value is -2.44. The number of nitrogens with zero attached hydrogens (tertiary/aromatic N) is 2. The Morgan fingerprint density at radius 2 is 1.71 bits per heavy atom. The first kappa shape index (κ1) is 20.3. The molecule has 0 aliphatic carbocycles. The summed E-state index contributed by atoms with van der Waals surface area (Å²) in [5, 5.41) is 2.92. The van der Waals surface area contributed by atoms with Crippen LogP contribution in [0, 0.1) is 5.92 Å². The molecule has 0 unspecified atom stereocenters. The maximum atomic E-state index is 12.7. The fourth-order valence-electron chi connectivity index (χ4n) is 3.97. The van der Waals surface area contributed by atoms with E-state index in [1.165, 1.54) is 6.42 Å². The van der Waals surface area contributed by atoms with Crippen LogP contribution in [0.1, 0.15) is 38.5 Å². The van der Waals surface area contributed by atoms with E-state index < -0.39 is 0 Å². The summed E-state index contributed by atoms with van der Waals surface area (Å²) in [4.78, 5) is 28.9. The second kappa shape index (κ2) is 9.66. The van der Waals surface area contributed by atoms with Crippen LogP contribution < -0.4 is 14.8 Å². The first-order chi connectivity index (χ1) is 13.6. The van der Waals surface area contributed by atoms with Crippen molar-refractivity contribution in [2.75, 3.05) is 45.7 Å². The molecule has 2 heterocycles. The molecule has 28 heavy (non-hydrogen) atoms. The Morgan fingerprint density at radius 3 is 2.36 bits per heavy atom. The third kappa shape index (κ3) is 5.09. The van der Waals surface area contributed by atoms with Crippen molar-refractivity contribution in [2.24, 2.45) is 5.92 Å². The van der Waals surface area contributed by atoms with Crippen LogP contribution in [-0.4, -0.2) is 62.1 Å². The van der Waals surface area contributed by atoms with Crippen LogP contribution in [0.4, 0.5) is 10.5 Å². The number of benzene rings is 1. The van der Waals surface area contributed by atoms with Crippen LogP contribution in [0.15, 0.2) is 18.2 Å². The summed E-state index contributed by atoms with van der Waals surface area (Å²) in [5.41, 5.74) is 0.592. The summed E-state index contributed by atoms with van der Waals surface area (Å²) >= 11 is 0. The van der Waals surface area contributed by atoms with Gasteiger partial charge < -0.3 is 24.6 Å². The highest BCUT2D eigenvalue weighted by Gasteiger charge is 2.27. The second-order valence-electron chi connectivity index (χ2n) is 7.57. The first-order valence-corrected chi connectivity index (χ1v) is 10.2. The molecular formula is C21H31N3O4. The number of amides is 3. The molecule has 1 aromatic rings. The van der Waals surface area contributed by atoms with Gasteiger partial charge >= 0.3 is 6.03 Å². The van der Waals surface area contributed by atoms with E-state index in [0.29, 0.717) is 42.6 Å². The summed E-state index contributed by atoms with van der Waals surface area (Å²) in [6.45, 7) is 3.14. The third-order valence-corrected chi connectivity index (χ3v) is 5.72. The lowest BCUT2D eigenvalue weighted by Crippen LogP contribution is -2.42. The molecule has 0 bridgehead atoms. The standard InChI is InChI=1S/C21H31N3O4/c1-27-17-6-7-19(28-2)18(15-17)22-21(26)24-12-8-16(9-13-24)14-20(25)23-10-4-3-5-11-23/h6-7,15-16H,3-5,8-14H2,1-2H3,(H,22,26). The van der Waals surface area contributed by atoms with Crippen molar-refractivity contribution in [1.82, 2.24) is 9.80 Å². The summed E-state index contributed by atoms with van der Waals surface area (Å²) < 4.78 is 10.5. The molecule has 0 atom stereocenters. The van der Waals surface area contributed by atoms with Gasteiger partial charge in [0.15, 0.2) is 0 Å². The molecule has 2 aliphatic rings. The number of methoxy groups -OCH3 is 2. The Kier molecular flexibility index (Phi) is 7.01. The highest BCUT2D eigenvalue weighted by Crippen LogP contribution is 2.30. The van der Waals surface area contributed by atoms with Crippen LogP contribution in [0.3, 0.4) is 0 Å². The maximum Gasteiger partial charge on any atom is 0.321 e. The number of ether oxygens (including phenoxy) is 2. The van der Waals surface area contributed by atoms with Gasteiger partial charge in [0.25, 0.3) is 0 Å². The molecule has 0 saturated carbocycles. The third-order valence-electron chi connectivity index (χ3n) is 5.72. The molecule has 0 radical (unpaired) electrons. The lowest BCUT2D eigenvalue weighted by atomic mass is 9.93. The SMILES string of the molecule is COc1ccc(OC)c(NC(=O)N2CCC(CC(=O)N3CCCCC3)CC2)c1. The maximum absolute atomic E-state index is 12.7. The molecule has 7 heteroatoms. The smallest absolute Gasteiger partial charge is 0.321 e. The summed E-state index contributed by atoms with van der Waals surface area (Å²) in [5.74, 6) is 1.90. The van der Waals surface area contributed by atoms with E-state index in [2.05, 4.69) is 5.32 Å². The van der Waals surface area contributed by atoms with Crippen molar-refractivity contribution in [2.45, 2.75) is 38.5 Å². The number of carbonyl (C=O) groups excluding carboxylic acids is 2. The minimum Gasteiger partial charge on any atom is -0.497 e. The van der Waals surface area contributed by atoms with E-state index in [-0.39, 0.29) is 11.9 Å². The zero-order chi connectivity index (χ0) is 19.9. The van der Waals surface area contributed by atoms with Crippen molar-refractivity contribution >= 4 is 17.6 Å². The Labute approximate surface area is 167 Å². The fourth-order valence-corrected chi connectivity index (χ4v) is 3.97. The predicted octanol–water partition coefficient (Wildman–Crippen LogP) is 3.35. The molecule has 0 aromatic heterocycles. The van der Waals surface area contributed by atoms with Crippen LogP contribution in [0.5, 0.6) is 11.5 Å². The van der Waals surface area contributed by atoms with Crippen molar-refractivity contribution in [3.63, 3.8) is 0 Å². The molecule has 2 saturated heterocycles. The van der Waals surface area contributed by atoms with Crippen LogP contribution in [-0.2, 0) is 4.79 Å². The highest BCUT2D eigenvalue weighted by atomic mass is 16.5. The summed E-state index contributed by atoms with van der Waals surface area (Å²) in [6, 6.07) is 5.17. The molecule has 3 amide bonds. The number of rotatable bonds is 5. The molecule has 154 valence electrons. The number of hydrogen-bond acceptors (Lipinski definition) is 4. The summed E-state index contributed by atoms with van der Waals surface area (Å²) in [7, 11) is 3.16. The number of carbonyl (C=O) groups is 2. The average molecular weight is 389 g/mol. The van der Waals surface area contributed by atoms with Crippen molar-refractivity contribution in [1.29, 1.82) is 0 Å². The predicted molar refractivity (Wildman–Crippen MR) is 108 cm³/mol. The molecule has 2 aliphatic heterocycles. The van der Waals surface area contributed by atoms with E-state index in [4.69, 9.17) is 9.47 Å². The molecule has 1 aromatic carbocycles. The first-order valence-electron chi connectivity index (χ1n) is 10.2. The molecule has 7 nitrogen and oxygen atoms in total. The molecule has 3 rings (SSSR count). The number of anilines is 1. The average Bonchev–Trinajstić information content (AvgIpc) is 2.74. The van der Waals surface area contributed by atoms with Crippen molar-refractivity contribution < 1.29 is 19.1 Å². The quantitative estimate of drug-likeness (QED) is 0.838. The van der Waals surface area contributed by atoms with E-state index in [9.17, 15) is 9.59 Å². The van der Waals surface area contributed by atoms with E-state index in [0.717, 1.165) is 38.8 Å². The van der Waals surface area contributed by atoms with Gasteiger partial charge in [0.1, 0.15) is 11.5 Å². The lowest BCUT2D eigenvalue weighted by Gasteiger charge is -2.33. The largest absolute Gasteiger partial charge is 0.497 e. The number of urea groups is 1. The van der Waals surface area contributed by atoms with Gasteiger partial charge in [-0.3, -0.25) is 4.79 Å². The van der Waals surface area contributed by atoms with Gasteiger partial charge in [0.05, 0.1) is 19.9 Å². The van der Waals surface area contributed by atoms with Crippen LogP contribution in [0.2, 0.25) is 0 Å². The van der Waals surface area contributed by atoms with Gasteiger partial charge in [-0.1, -0.05) is 0 Å². The zero-order valence-electron chi connectivity index (χ0n) is 16.9. The van der Waals surface area contributed by atoms with Gasteiger partial charge in [0, 0.05) is 38.7 Å². The van der Waals surface area contributed by atoms with Gasteiger partial charge in [-0.2, -0.15) is 0 Å². The Bertz CT molecular complexity index is 680. The number of nitrogens with one attached hydrogen (secondary N) is 1. The van der Waals surface area contributed by atoms with Gasteiger partial charge in [-0.25, -0.2) is 4.79 Å². The topological polar surface area (TPSA) is 71.1 Å². The zero-order valence-corrected chi connectivity index (χ0v) is 16.9. The van der Waals surface area contributed by atoms with E-state index in [1.54, 1.807) is 37.3 Å². The normalized spacial score (nSPS) is 17.9.